The predicted molar refractivity (Wildman–Crippen MR) is 169 cm³/mol. The molecule has 5 aromatic rings. The van der Waals surface area contributed by atoms with E-state index >= 15 is 0 Å². The SMILES string of the molecule is C[C@@H](NC(=O)CC[C@H](Nc1ncnc2cc(C(=O)N3CCCC3)c(Cl)cc12)c1nc2cc(Cl)ccc2[nH]1)c1ccccc1. The summed E-state index contributed by atoms with van der Waals surface area (Å²) in [4.78, 5) is 45.0. The lowest BCUT2D eigenvalue weighted by molar-refractivity contribution is -0.121. The van der Waals surface area contributed by atoms with Crippen molar-refractivity contribution < 1.29 is 9.59 Å². The topological polar surface area (TPSA) is 116 Å². The highest BCUT2D eigenvalue weighted by Gasteiger charge is 2.24. The number of carbonyl (C=O) groups is 2. The molecule has 0 unspecified atom stereocenters. The molecule has 3 N–H and O–H groups in total. The number of hydrogen-bond donors (Lipinski definition) is 3. The molecule has 220 valence electrons. The Morgan fingerprint density at radius 2 is 1.79 bits per heavy atom. The molecule has 0 radical (unpaired) electrons. The monoisotopic (exact) mass is 615 g/mol. The number of rotatable bonds is 9. The second kappa shape index (κ2) is 12.6. The highest BCUT2D eigenvalue weighted by Crippen LogP contribution is 2.32. The van der Waals surface area contributed by atoms with E-state index in [1.807, 2.05) is 48.2 Å². The highest BCUT2D eigenvalue weighted by molar-refractivity contribution is 6.35. The third kappa shape index (κ3) is 6.43. The van der Waals surface area contributed by atoms with E-state index in [1.54, 1.807) is 24.3 Å². The standard InChI is InChI=1S/C32H31Cl2N7O2/c1-19(20-7-3-2-4-8-20)37-29(42)12-11-26(31-38-25-10-9-21(33)15-28(25)40-31)39-30-23-16-24(34)22(17-27(23)35-18-36-30)32(43)41-13-5-6-14-41/h2-4,7-10,15-19,26H,5-6,11-14H2,1H3,(H,37,42)(H,38,40)(H,35,36,39)/t19-,26+/m1/s1. The van der Waals surface area contributed by atoms with Crippen LogP contribution in [-0.2, 0) is 4.79 Å². The molecule has 6 rings (SSSR count). The summed E-state index contributed by atoms with van der Waals surface area (Å²) in [5.41, 5.74) is 3.60. The fourth-order valence-electron chi connectivity index (χ4n) is 5.47. The van der Waals surface area contributed by atoms with Crippen LogP contribution >= 0.6 is 23.2 Å². The van der Waals surface area contributed by atoms with Crippen molar-refractivity contribution in [3.05, 3.63) is 94.0 Å². The molecule has 0 spiro atoms. The van der Waals surface area contributed by atoms with E-state index in [-0.39, 0.29) is 24.3 Å². The molecule has 2 amide bonds. The van der Waals surface area contributed by atoms with Crippen LogP contribution in [0.3, 0.4) is 0 Å². The summed E-state index contributed by atoms with van der Waals surface area (Å²) >= 11 is 12.9. The van der Waals surface area contributed by atoms with Gasteiger partial charge in [0.15, 0.2) is 0 Å². The molecule has 1 fully saturated rings. The number of imidazole rings is 1. The van der Waals surface area contributed by atoms with E-state index in [2.05, 4.69) is 25.6 Å². The zero-order chi connectivity index (χ0) is 29.9. The average Bonchev–Trinajstić information content (AvgIpc) is 3.70. The summed E-state index contributed by atoms with van der Waals surface area (Å²) in [5, 5.41) is 8.14. The van der Waals surface area contributed by atoms with Crippen LogP contribution in [0.2, 0.25) is 10.0 Å². The van der Waals surface area contributed by atoms with Gasteiger partial charge in [-0.2, -0.15) is 0 Å². The Balaban J connectivity index is 1.27. The number of benzene rings is 3. The third-order valence-corrected chi connectivity index (χ3v) is 8.34. The molecular weight excluding hydrogens is 585 g/mol. The molecule has 43 heavy (non-hydrogen) atoms. The Bertz CT molecular complexity index is 1790. The van der Waals surface area contributed by atoms with Crippen LogP contribution in [0.4, 0.5) is 5.82 Å². The van der Waals surface area contributed by atoms with Crippen LogP contribution in [-0.4, -0.2) is 49.7 Å². The summed E-state index contributed by atoms with van der Waals surface area (Å²) in [7, 11) is 0. The number of amides is 2. The van der Waals surface area contributed by atoms with Crippen LogP contribution in [0.1, 0.15) is 66.4 Å². The Kier molecular flexibility index (Phi) is 8.44. The van der Waals surface area contributed by atoms with Crippen LogP contribution in [0.15, 0.2) is 67.0 Å². The number of fused-ring (bicyclic) bond motifs is 2. The number of H-pyrrole nitrogens is 1. The van der Waals surface area contributed by atoms with Crippen LogP contribution in [0, 0.1) is 0 Å². The molecule has 1 aliphatic heterocycles. The normalized spacial score (nSPS) is 14.6. The molecule has 3 heterocycles. The van der Waals surface area contributed by atoms with Gasteiger partial charge in [-0.25, -0.2) is 15.0 Å². The minimum atomic E-state index is -0.410. The van der Waals surface area contributed by atoms with Gasteiger partial charge in [-0.05, 0) is 62.1 Å². The number of aromatic nitrogens is 4. The van der Waals surface area contributed by atoms with Crippen molar-refractivity contribution in [3.63, 3.8) is 0 Å². The molecule has 11 heteroatoms. The first-order valence-electron chi connectivity index (χ1n) is 14.4. The van der Waals surface area contributed by atoms with E-state index in [0.29, 0.717) is 44.6 Å². The largest absolute Gasteiger partial charge is 0.359 e. The van der Waals surface area contributed by atoms with Crippen molar-refractivity contribution in [1.29, 1.82) is 0 Å². The van der Waals surface area contributed by atoms with E-state index in [4.69, 9.17) is 28.2 Å². The number of nitrogens with zero attached hydrogens (tertiary/aromatic N) is 4. The molecule has 1 saturated heterocycles. The molecule has 0 aliphatic carbocycles. The summed E-state index contributed by atoms with van der Waals surface area (Å²) < 4.78 is 0. The Labute approximate surface area is 259 Å². The van der Waals surface area contributed by atoms with Crippen LogP contribution in [0.25, 0.3) is 21.9 Å². The summed E-state index contributed by atoms with van der Waals surface area (Å²) in [5.74, 6) is 0.989. The number of anilines is 1. The molecular formula is C32H31Cl2N7O2. The fraction of sp³-hybridized carbons (Fsp3) is 0.281. The zero-order valence-electron chi connectivity index (χ0n) is 23.6. The van der Waals surface area contributed by atoms with Gasteiger partial charge in [-0.3, -0.25) is 9.59 Å². The molecule has 3 aromatic carbocycles. The van der Waals surface area contributed by atoms with E-state index in [0.717, 1.165) is 42.5 Å². The summed E-state index contributed by atoms with van der Waals surface area (Å²) in [6.45, 7) is 3.42. The molecule has 2 aromatic heterocycles. The van der Waals surface area contributed by atoms with Gasteiger partial charge in [0.2, 0.25) is 5.91 Å². The van der Waals surface area contributed by atoms with E-state index in [9.17, 15) is 9.59 Å². The number of likely N-dealkylation sites (tertiary alicyclic amines) is 1. The molecule has 0 bridgehead atoms. The van der Waals surface area contributed by atoms with Crippen LogP contribution < -0.4 is 10.6 Å². The van der Waals surface area contributed by atoms with E-state index < -0.39 is 6.04 Å². The summed E-state index contributed by atoms with van der Waals surface area (Å²) in [6.07, 6.45) is 4.10. The third-order valence-electron chi connectivity index (χ3n) is 7.79. The van der Waals surface area contributed by atoms with Crippen molar-refractivity contribution in [2.75, 3.05) is 18.4 Å². The number of aromatic amines is 1. The van der Waals surface area contributed by atoms with Gasteiger partial charge in [0.05, 0.1) is 39.2 Å². The quantitative estimate of drug-likeness (QED) is 0.167. The number of nitrogens with one attached hydrogen (secondary N) is 3. The van der Waals surface area contributed by atoms with Gasteiger partial charge < -0.3 is 20.5 Å². The van der Waals surface area contributed by atoms with Crippen molar-refractivity contribution in [1.82, 2.24) is 30.2 Å². The lowest BCUT2D eigenvalue weighted by Gasteiger charge is -2.20. The first-order chi connectivity index (χ1) is 20.9. The molecule has 0 saturated carbocycles. The fourth-order valence-corrected chi connectivity index (χ4v) is 5.88. The van der Waals surface area contributed by atoms with Crippen molar-refractivity contribution in [3.8, 4) is 0 Å². The van der Waals surface area contributed by atoms with Gasteiger partial charge in [0, 0.05) is 29.9 Å². The van der Waals surface area contributed by atoms with Gasteiger partial charge in [-0.15, -0.1) is 0 Å². The minimum absolute atomic E-state index is 0.0806. The second-order valence-corrected chi connectivity index (χ2v) is 11.6. The summed E-state index contributed by atoms with van der Waals surface area (Å²) in [6, 6.07) is 18.2. The van der Waals surface area contributed by atoms with Crippen molar-refractivity contribution in [2.24, 2.45) is 0 Å². The van der Waals surface area contributed by atoms with Crippen molar-refractivity contribution in [2.45, 2.75) is 44.7 Å². The highest BCUT2D eigenvalue weighted by atomic mass is 35.5. The molecule has 1 aliphatic rings. The van der Waals surface area contributed by atoms with Gasteiger partial charge in [-0.1, -0.05) is 53.5 Å². The molecule has 2 atom stereocenters. The minimum Gasteiger partial charge on any atom is -0.359 e. The Morgan fingerprint density at radius 3 is 2.58 bits per heavy atom. The second-order valence-electron chi connectivity index (χ2n) is 10.8. The number of halogens is 2. The Morgan fingerprint density at radius 1 is 1.00 bits per heavy atom. The van der Waals surface area contributed by atoms with Gasteiger partial charge in [0.25, 0.3) is 5.91 Å². The first-order valence-corrected chi connectivity index (χ1v) is 15.1. The van der Waals surface area contributed by atoms with Gasteiger partial charge in [0.1, 0.15) is 18.0 Å². The lowest BCUT2D eigenvalue weighted by atomic mass is 10.1. The first kappa shape index (κ1) is 28.9. The number of carbonyl (C=O) groups excluding carboxylic acids is 2. The maximum atomic E-state index is 13.1. The lowest BCUT2D eigenvalue weighted by Crippen LogP contribution is -2.28. The maximum absolute atomic E-state index is 13.1. The smallest absolute Gasteiger partial charge is 0.255 e. The van der Waals surface area contributed by atoms with Gasteiger partial charge >= 0.3 is 0 Å². The van der Waals surface area contributed by atoms with Crippen LogP contribution in [0.5, 0.6) is 0 Å². The zero-order valence-corrected chi connectivity index (χ0v) is 25.1. The van der Waals surface area contributed by atoms with Crippen molar-refractivity contribution >= 4 is 62.8 Å². The molecule has 9 nitrogen and oxygen atoms in total. The Hall–Kier alpha value is -4.21. The van der Waals surface area contributed by atoms with E-state index in [1.165, 1.54) is 6.33 Å². The predicted octanol–water partition coefficient (Wildman–Crippen LogP) is 6.86. The maximum Gasteiger partial charge on any atom is 0.255 e. The average molecular weight is 617 g/mol. The number of hydrogen-bond acceptors (Lipinski definition) is 6.